The number of pyridine rings is 1. The monoisotopic (exact) mass is 383 g/mol. The van der Waals surface area contributed by atoms with Gasteiger partial charge in [0.15, 0.2) is 5.13 Å². The lowest BCUT2D eigenvalue weighted by atomic mass is 10.3. The van der Waals surface area contributed by atoms with Crippen LogP contribution in [0.4, 0.5) is 5.13 Å². The second kappa shape index (κ2) is 7.63. The van der Waals surface area contributed by atoms with Crippen LogP contribution in [-0.4, -0.2) is 36.2 Å². The van der Waals surface area contributed by atoms with E-state index in [4.69, 9.17) is 14.2 Å². The fourth-order valence-corrected chi connectivity index (χ4v) is 3.62. The van der Waals surface area contributed by atoms with E-state index in [-0.39, 0.29) is 18.2 Å². The zero-order valence-corrected chi connectivity index (χ0v) is 15.4. The molecule has 7 nitrogen and oxygen atoms in total. The fourth-order valence-electron chi connectivity index (χ4n) is 2.63. The molecule has 0 atom stereocenters. The number of hydrogen-bond donors (Lipinski definition) is 0. The summed E-state index contributed by atoms with van der Waals surface area (Å²) in [5, 5.41) is 0.559. The summed E-state index contributed by atoms with van der Waals surface area (Å²) in [4.78, 5) is 23.6. The number of rotatable bonds is 5. The first-order chi connectivity index (χ1) is 13.2. The standard InChI is InChI=1S/C19H17N3O4S/c1-24-14-5-6-15-17(10-14)27-19(21-15)22(11-13-4-2-3-7-20-13)18(23)16-12-25-8-9-26-16/h2-7,10,12H,8-9,11H2,1H3. The average molecular weight is 383 g/mol. The summed E-state index contributed by atoms with van der Waals surface area (Å²) < 4.78 is 16.9. The molecular weight excluding hydrogens is 366 g/mol. The third kappa shape index (κ3) is 3.70. The van der Waals surface area contributed by atoms with Gasteiger partial charge in [-0.25, -0.2) is 4.98 Å². The summed E-state index contributed by atoms with van der Waals surface area (Å²) in [5.74, 6) is 0.590. The number of fused-ring (bicyclic) bond motifs is 1. The molecule has 0 fully saturated rings. The fraction of sp³-hybridized carbons (Fsp3) is 0.211. The van der Waals surface area contributed by atoms with Crippen LogP contribution in [0.5, 0.6) is 5.75 Å². The molecule has 0 bridgehead atoms. The van der Waals surface area contributed by atoms with Crippen molar-refractivity contribution in [2.45, 2.75) is 6.54 Å². The van der Waals surface area contributed by atoms with Gasteiger partial charge in [0.2, 0.25) is 5.76 Å². The van der Waals surface area contributed by atoms with Crippen LogP contribution in [0.1, 0.15) is 5.69 Å². The minimum absolute atomic E-state index is 0.161. The van der Waals surface area contributed by atoms with E-state index in [1.54, 1.807) is 18.2 Å². The van der Waals surface area contributed by atoms with Crippen LogP contribution in [0, 0.1) is 0 Å². The maximum Gasteiger partial charge on any atom is 0.298 e. The molecule has 2 aromatic heterocycles. The second-order valence-corrected chi connectivity index (χ2v) is 6.75. The van der Waals surface area contributed by atoms with Gasteiger partial charge in [-0.3, -0.25) is 14.7 Å². The lowest BCUT2D eigenvalue weighted by Gasteiger charge is -2.22. The molecular formula is C19H17N3O4S. The van der Waals surface area contributed by atoms with E-state index in [1.807, 2.05) is 36.4 Å². The third-order valence-electron chi connectivity index (χ3n) is 3.97. The van der Waals surface area contributed by atoms with Crippen LogP contribution in [0.3, 0.4) is 0 Å². The molecule has 8 heteroatoms. The van der Waals surface area contributed by atoms with E-state index in [0.29, 0.717) is 18.3 Å². The van der Waals surface area contributed by atoms with Crippen molar-refractivity contribution >= 4 is 32.6 Å². The minimum atomic E-state index is -0.314. The van der Waals surface area contributed by atoms with Crippen LogP contribution in [0.15, 0.2) is 54.6 Å². The Labute approximate surface area is 159 Å². The first-order valence-corrected chi connectivity index (χ1v) is 9.17. The van der Waals surface area contributed by atoms with Gasteiger partial charge in [-0.05, 0) is 30.3 Å². The Hall–Kier alpha value is -3.13. The maximum atomic E-state index is 13.1. The highest BCUT2D eigenvalue weighted by molar-refractivity contribution is 7.22. The van der Waals surface area contributed by atoms with Crippen LogP contribution in [-0.2, 0) is 20.8 Å². The molecule has 1 aromatic carbocycles. The molecule has 0 aliphatic carbocycles. The first kappa shape index (κ1) is 17.3. The van der Waals surface area contributed by atoms with E-state index in [0.717, 1.165) is 21.7 Å². The SMILES string of the molecule is COc1ccc2nc(N(Cc3ccccn3)C(=O)C3=COCCO3)sc2c1. The van der Waals surface area contributed by atoms with Gasteiger partial charge in [-0.2, -0.15) is 0 Å². The van der Waals surface area contributed by atoms with Crippen molar-refractivity contribution in [3.05, 3.63) is 60.3 Å². The van der Waals surface area contributed by atoms with Gasteiger partial charge in [0.1, 0.15) is 25.2 Å². The van der Waals surface area contributed by atoms with E-state index >= 15 is 0 Å². The Morgan fingerprint density at radius 2 is 2.22 bits per heavy atom. The number of carbonyl (C=O) groups excluding carboxylic acids is 1. The Morgan fingerprint density at radius 1 is 1.30 bits per heavy atom. The number of hydrogen-bond acceptors (Lipinski definition) is 7. The first-order valence-electron chi connectivity index (χ1n) is 8.35. The molecule has 138 valence electrons. The lowest BCUT2D eigenvalue weighted by molar-refractivity contribution is -0.120. The second-order valence-electron chi connectivity index (χ2n) is 5.74. The highest BCUT2D eigenvalue weighted by Gasteiger charge is 2.26. The highest BCUT2D eigenvalue weighted by Crippen LogP contribution is 2.33. The van der Waals surface area contributed by atoms with Crippen molar-refractivity contribution in [1.29, 1.82) is 0 Å². The topological polar surface area (TPSA) is 73.8 Å². The molecule has 3 aromatic rings. The number of amides is 1. The van der Waals surface area contributed by atoms with Crippen LogP contribution < -0.4 is 9.64 Å². The summed E-state index contributed by atoms with van der Waals surface area (Å²) in [6.07, 6.45) is 3.05. The van der Waals surface area contributed by atoms with Crippen molar-refractivity contribution in [2.24, 2.45) is 0 Å². The van der Waals surface area contributed by atoms with Crippen molar-refractivity contribution < 1.29 is 19.0 Å². The number of methoxy groups -OCH3 is 1. The number of benzene rings is 1. The molecule has 0 saturated carbocycles. The predicted molar refractivity (Wildman–Crippen MR) is 102 cm³/mol. The van der Waals surface area contributed by atoms with Crippen molar-refractivity contribution in [3.8, 4) is 5.75 Å². The molecule has 1 aliphatic heterocycles. The average Bonchev–Trinajstić information content (AvgIpc) is 3.15. The molecule has 0 spiro atoms. The number of aromatic nitrogens is 2. The van der Waals surface area contributed by atoms with Crippen LogP contribution in [0.25, 0.3) is 10.2 Å². The number of anilines is 1. The highest BCUT2D eigenvalue weighted by atomic mass is 32.1. The molecule has 1 amide bonds. The molecule has 0 unspecified atom stereocenters. The molecule has 4 rings (SSSR count). The minimum Gasteiger partial charge on any atom is -0.497 e. The summed E-state index contributed by atoms with van der Waals surface area (Å²) in [6.45, 7) is 1.04. The summed E-state index contributed by atoms with van der Waals surface area (Å²) in [6, 6.07) is 11.2. The Bertz CT molecular complexity index is 987. The molecule has 3 heterocycles. The van der Waals surface area contributed by atoms with Gasteiger partial charge in [-0.1, -0.05) is 17.4 Å². The van der Waals surface area contributed by atoms with Gasteiger partial charge in [-0.15, -0.1) is 0 Å². The van der Waals surface area contributed by atoms with Gasteiger partial charge in [0.25, 0.3) is 5.91 Å². The quantitative estimate of drug-likeness (QED) is 0.674. The summed E-state index contributed by atoms with van der Waals surface area (Å²) in [7, 11) is 1.62. The number of ether oxygens (including phenoxy) is 3. The maximum absolute atomic E-state index is 13.1. The third-order valence-corrected chi connectivity index (χ3v) is 5.01. The molecule has 1 aliphatic rings. The largest absolute Gasteiger partial charge is 0.497 e. The summed E-state index contributed by atoms with van der Waals surface area (Å²) in [5.41, 5.74) is 1.55. The van der Waals surface area contributed by atoms with Gasteiger partial charge in [0, 0.05) is 6.20 Å². The van der Waals surface area contributed by atoms with Crippen molar-refractivity contribution in [3.63, 3.8) is 0 Å². The number of carbonyl (C=O) groups is 1. The van der Waals surface area contributed by atoms with E-state index in [1.165, 1.54) is 17.6 Å². The van der Waals surface area contributed by atoms with Gasteiger partial charge >= 0.3 is 0 Å². The lowest BCUT2D eigenvalue weighted by Crippen LogP contribution is -2.34. The molecule has 0 N–H and O–H groups in total. The van der Waals surface area contributed by atoms with Gasteiger partial charge < -0.3 is 14.2 Å². The number of nitrogens with zero attached hydrogens (tertiary/aromatic N) is 3. The van der Waals surface area contributed by atoms with Crippen LogP contribution in [0.2, 0.25) is 0 Å². The van der Waals surface area contributed by atoms with E-state index in [2.05, 4.69) is 9.97 Å². The molecule has 0 saturated heterocycles. The Morgan fingerprint density at radius 3 is 2.96 bits per heavy atom. The molecule has 27 heavy (non-hydrogen) atoms. The summed E-state index contributed by atoms with van der Waals surface area (Å²) >= 11 is 1.41. The van der Waals surface area contributed by atoms with Crippen molar-refractivity contribution in [1.82, 2.24) is 9.97 Å². The van der Waals surface area contributed by atoms with E-state index in [9.17, 15) is 4.79 Å². The zero-order chi connectivity index (χ0) is 18.6. The Balaban J connectivity index is 1.72. The normalized spacial score (nSPS) is 13.4. The smallest absolute Gasteiger partial charge is 0.298 e. The van der Waals surface area contributed by atoms with E-state index < -0.39 is 0 Å². The Kier molecular flexibility index (Phi) is 4.88. The van der Waals surface area contributed by atoms with Gasteiger partial charge in [0.05, 0.1) is 29.6 Å². The van der Waals surface area contributed by atoms with Crippen LogP contribution >= 0.6 is 11.3 Å². The predicted octanol–water partition coefficient (Wildman–Crippen LogP) is 3.12. The number of thiazole rings is 1. The molecule has 0 radical (unpaired) electrons. The zero-order valence-electron chi connectivity index (χ0n) is 14.6. The van der Waals surface area contributed by atoms with Crippen molar-refractivity contribution in [2.75, 3.05) is 25.2 Å².